The Kier molecular flexibility index (Phi) is 3.93. The van der Waals surface area contributed by atoms with Crippen LogP contribution in [-0.4, -0.2) is 29.8 Å². The van der Waals surface area contributed by atoms with E-state index in [1.807, 2.05) is 0 Å². The highest BCUT2D eigenvalue weighted by atomic mass is 32.1. The Balaban J connectivity index is 2.55. The van der Waals surface area contributed by atoms with E-state index in [4.69, 9.17) is 0 Å². The van der Waals surface area contributed by atoms with Gasteiger partial charge in [0.05, 0.1) is 0 Å². The minimum absolute atomic E-state index is 0.348. The van der Waals surface area contributed by atoms with Gasteiger partial charge in [0.15, 0.2) is 0 Å². The van der Waals surface area contributed by atoms with Gasteiger partial charge >= 0.3 is 0 Å². The Morgan fingerprint density at radius 1 is 1.29 bits per heavy atom. The summed E-state index contributed by atoms with van der Waals surface area (Å²) in [4.78, 5) is 2.63. The number of thiol groups is 1. The highest BCUT2D eigenvalue weighted by Gasteiger charge is 2.35. The molecule has 84 valence electrons. The summed E-state index contributed by atoms with van der Waals surface area (Å²) < 4.78 is 0. The van der Waals surface area contributed by atoms with Crippen LogP contribution in [0.5, 0.6) is 0 Å². The Labute approximate surface area is 94.7 Å². The summed E-state index contributed by atoms with van der Waals surface area (Å²) in [6.45, 7) is 14.2. The Morgan fingerprint density at radius 3 is 2.21 bits per heavy atom. The quantitative estimate of drug-likeness (QED) is 0.709. The monoisotopic (exact) mass is 215 g/mol. The molecule has 0 saturated carbocycles. The average Bonchev–Trinajstić information content (AvgIpc) is 2.33. The maximum atomic E-state index is 4.42. The lowest BCUT2D eigenvalue weighted by Crippen LogP contribution is -2.38. The summed E-state index contributed by atoms with van der Waals surface area (Å²) >= 11 is 4.42. The van der Waals surface area contributed by atoms with Crippen molar-refractivity contribution in [3.05, 3.63) is 0 Å². The van der Waals surface area contributed by atoms with Crippen molar-refractivity contribution >= 4 is 12.6 Å². The lowest BCUT2D eigenvalue weighted by molar-refractivity contribution is 0.177. The second-order valence-electron chi connectivity index (χ2n) is 5.83. The van der Waals surface area contributed by atoms with Crippen LogP contribution in [0.1, 0.15) is 34.6 Å². The molecule has 3 unspecified atom stereocenters. The number of likely N-dealkylation sites (tertiary alicyclic amines) is 1. The van der Waals surface area contributed by atoms with Gasteiger partial charge < -0.3 is 0 Å². The first-order valence-electron chi connectivity index (χ1n) is 5.72. The highest BCUT2D eigenvalue weighted by molar-refractivity contribution is 7.80. The van der Waals surface area contributed by atoms with E-state index in [1.165, 1.54) is 13.1 Å². The van der Waals surface area contributed by atoms with Crippen LogP contribution in [-0.2, 0) is 0 Å². The van der Waals surface area contributed by atoms with Gasteiger partial charge in [-0.15, -0.1) is 0 Å². The number of nitrogens with zero attached hydrogens (tertiary/aromatic N) is 1. The van der Waals surface area contributed by atoms with E-state index in [0.717, 1.165) is 23.6 Å². The van der Waals surface area contributed by atoms with Gasteiger partial charge in [0, 0.05) is 19.1 Å². The maximum Gasteiger partial charge on any atom is 0.00959 e. The summed E-state index contributed by atoms with van der Waals surface area (Å²) in [5.41, 5.74) is 0.348. The van der Waals surface area contributed by atoms with Gasteiger partial charge in [-0.2, -0.15) is 12.6 Å². The summed E-state index contributed by atoms with van der Waals surface area (Å²) in [7, 11) is 0. The van der Waals surface area contributed by atoms with Crippen molar-refractivity contribution in [2.75, 3.05) is 18.8 Å². The summed E-state index contributed by atoms with van der Waals surface area (Å²) in [6, 6.07) is 0.740. The Hall–Kier alpha value is 0.310. The van der Waals surface area contributed by atoms with Crippen LogP contribution >= 0.6 is 12.6 Å². The van der Waals surface area contributed by atoms with E-state index in [9.17, 15) is 0 Å². The molecule has 2 heteroatoms. The van der Waals surface area contributed by atoms with Crippen LogP contribution < -0.4 is 0 Å². The van der Waals surface area contributed by atoms with E-state index in [1.54, 1.807) is 0 Å². The smallest absolute Gasteiger partial charge is 0.00959 e. The van der Waals surface area contributed by atoms with Crippen molar-refractivity contribution in [3.8, 4) is 0 Å². The lowest BCUT2D eigenvalue weighted by atomic mass is 9.94. The van der Waals surface area contributed by atoms with Crippen LogP contribution in [0.25, 0.3) is 0 Å². The molecule has 14 heavy (non-hydrogen) atoms. The third-order valence-electron chi connectivity index (χ3n) is 3.82. The van der Waals surface area contributed by atoms with Crippen molar-refractivity contribution in [3.63, 3.8) is 0 Å². The zero-order chi connectivity index (χ0) is 10.9. The highest BCUT2D eigenvalue weighted by Crippen LogP contribution is 2.31. The van der Waals surface area contributed by atoms with E-state index < -0.39 is 0 Å². The molecule has 1 aliphatic rings. The molecule has 0 aromatic heterocycles. The van der Waals surface area contributed by atoms with E-state index >= 15 is 0 Å². The van der Waals surface area contributed by atoms with E-state index in [-0.39, 0.29) is 0 Å². The van der Waals surface area contributed by atoms with Gasteiger partial charge in [0.1, 0.15) is 0 Å². The van der Waals surface area contributed by atoms with E-state index in [0.29, 0.717) is 5.41 Å². The molecule has 0 aliphatic carbocycles. The molecule has 0 spiro atoms. The average molecular weight is 215 g/mol. The van der Waals surface area contributed by atoms with Crippen molar-refractivity contribution in [2.45, 2.75) is 40.7 Å². The molecule has 1 aliphatic heterocycles. The van der Waals surface area contributed by atoms with Crippen LogP contribution in [0.15, 0.2) is 0 Å². The summed E-state index contributed by atoms with van der Waals surface area (Å²) in [6.07, 6.45) is 0. The van der Waals surface area contributed by atoms with Gasteiger partial charge in [-0.05, 0) is 29.9 Å². The maximum absolute atomic E-state index is 4.42. The summed E-state index contributed by atoms with van der Waals surface area (Å²) in [5, 5.41) is 0. The SMILES string of the molecule is CC1CN(CC(C)(C)CS)C(C)C1C. The van der Waals surface area contributed by atoms with Crippen molar-refractivity contribution in [1.82, 2.24) is 4.90 Å². The molecule has 1 heterocycles. The fraction of sp³-hybridized carbons (Fsp3) is 1.00. The van der Waals surface area contributed by atoms with Crippen LogP contribution in [0, 0.1) is 17.3 Å². The minimum Gasteiger partial charge on any atom is -0.300 e. The number of hydrogen-bond donors (Lipinski definition) is 1. The van der Waals surface area contributed by atoms with Gasteiger partial charge in [-0.25, -0.2) is 0 Å². The first kappa shape index (κ1) is 12.4. The zero-order valence-electron chi connectivity index (χ0n) is 10.2. The Bertz CT molecular complexity index is 191. The molecule has 0 bridgehead atoms. The van der Waals surface area contributed by atoms with Crippen LogP contribution in [0.3, 0.4) is 0 Å². The van der Waals surface area contributed by atoms with Crippen molar-refractivity contribution in [1.29, 1.82) is 0 Å². The second kappa shape index (κ2) is 4.44. The molecule has 0 N–H and O–H groups in total. The Morgan fingerprint density at radius 2 is 1.86 bits per heavy atom. The molecule has 0 radical (unpaired) electrons. The normalized spacial score (nSPS) is 35.1. The van der Waals surface area contributed by atoms with Gasteiger partial charge in [-0.3, -0.25) is 4.90 Å². The topological polar surface area (TPSA) is 3.24 Å². The fourth-order valence-electron chi connectivity index (χ4n) is 2.32. The molecule has 0 aromatic carbocycles. The van der Waals surface area contributed by atoms with Gasteiger partial charge in [0.25, 0.3) is 0 Å². The first-order valence-corrected chi connectivity index (χ1v) is 6.35. The lowest BCUT2D eigenvalue weighted by Gasteiger charge is -2.32. The number of hydrogen-bond acceptors (Lipinski definition) is 2. The predicted molar refractivity (Wildman–Crippen MR) is 67.0 cm³/mol. The molecular weight excluding hydrogens is 190 g/mol. The largest absolute Gasteiger partial charge is 0.300 e. The molecule has 0 aromatic rings. The summed E-state index contributed by atoms with van der Waals surface area (Å²) in [5.74, 6) is 2.66. The second-order valence-corrected chi connectivity index (χ2v) is 6.15. The molecule has 0 amide bonds. The minimum atomic E-state index is 0.348. The first-order chi connectivity index (χ1) is 6.37. The predicted octanol–water partition coefficient (Wildman–Crippen LogP) is 2.92. The van der Waals surface area contributed by atoms with Crippen molar-refractivity contribution < 1.29 is 0 Å². The standard InChI is InChI=1S/C12H25NS/c1-9-6-13(11(3)10(9)2)7-12(4,5)8-14/h9-11,14H,6-8H2,1-5H3. The number of rotatable bonds is 3. The molecule has 1 fully saturated rings. The zero-order valence-corrected chi connectivity index (χ0v) is 11.1. The third-order valence-corrected chi connectivity index (χ3v) is 4.67. The van der Waals surface area contributed by atoms with Gasteiger partial charge in [-0.1, -0.05) is 27.7 Å². The van der Waals surface area contributed by atoms with E-state index in [2.05, 4.69) is 52.1 Å². The molecule has 1 rings (SSSR count). The fourth-order valence-corrected chi connectivity index (χ4v) is 2.42. The molecule has 3 atom stereocenters. The molecule has 1 nitrogen and oxygen atoms in total. The van der Waals surface area contributed by atoms with Crippen LogP contribution in [0.2, 0.25) is 0 Å². The molecular formula is C12H25NS. The molecule has 1 saturated heterocycles. The van der Waals surface area contributed by atoms with Crippen molar-refractivity contribution in [2.24, 2.45) is 17.3 Å². The van der Waals surface area contributed by atoms with Crippen LogP contribution in [0.4, 0.5) is 0 Å². The van der Waals surface area contributed by atoms with Gasteiger partial charge in [0.2, 0.25) is 0 Å². The third kappa shape index (κ3) is 2.66.